The van der Waals surface area contributed by atoms with Crippen LogP contribution in [0.15, 0.2) is 36.9 Å². The highest BCUT2D eigenvalue weighted by molar-refractivity contribution is 7.20. The Morgan fingerprint density at radius 3 is 2.56 bits per heavy atom. The quantitative estimate of drug-likeness (QED) is 0.592. The van der Waals surface area contributed by atoms with Crippen molar-refractivity contribution in [3.8, 4) is 5.75 Å². The molecule has 6 heteroatoms. The number of aromatic nitrogens is 2. The molecule has 1 aromatic carbocycles. The van der Waals surface area contributed by atoms with E-state index in [9.17, 15) is 4.79 Å². The lowest BCUT2D eigenvalue weighted by atomic mass is 10.1. The third-order valence-corrected chi connectivity index (χ3v) is 5.62. The third kappa shape index (κ3) is 3.85. The predicted octanol–water partition coefficient (Wildman–Crippen LogP) is 4.45. The van der Waals surface area contributed by atoms with E-state index in [1.165, 1.54) is 11.3 Å². The molecule has 0 spiro atoms. The Labute approximate surface area is 163 Å². The number of aryl methyl sites for hydroxylation is 3. The van der Waals surface area contributed by atoms with Gasteiger partial charge in [-0.1, -0.05) is 18.2 Å². The molecule has 0 aliphatic rings. The summed E-state index contributed by atoms with van der Waals surface area (Å²) in [5.41, 5.74) is 2.90. The second-order valence-corrected chi connectivity index (χ2v) is 7.41. The molecule has 27 heavy (non-hydrogen) atoms. The predicted molar refractivity (Wildman–Crippen MR) is 110 cm³/mol. The maximum Gasteiger partial charge on any atom is 0.264 e. The summed E-state index contributed by atoms with van der Waals surface area (Å²) in [6.07, 6.45) is 1.75. The van der Waals surface area contributed by atoms with E-state index >= 15 is 0 Å². The molecule has 0 saturated carbocycles. The zero-order valence-corrected chi connectivity index (χ0v) is 16.9. The number of nitrogens with zero attached hydrogens (tertiary/aromatic N) is 3. The Kier molecular flexibility index (Phi) is 5.56. The van der Waals surface area contributed by atoms with Crippen molar-refractivity contribution < 1.29 is 9.53 Å². The highest BCUT2D eigenvalue weighted by Crippen LogP contribution is 2.32. The van der Waals surface area contributed by atoms with E-state index in [0.717, 1.165) is 38.6 Å². The van der Waals surface area contributed by atoms with Crippen LogP contribution in [0.25, 0.3) is 10.2 Å². The summed E-state index contributed by atoms with van der Waals surface area (Å²) >= 11 is 1.43. The second-order valence-electron chi connectivity index (χ2n) is 6.41. The lowest BCUT2D eigenvalue weighted by Gasteiger charge is -2.21. The van der Waals surface area contributed by atoms with E-state index in [0.29, 0.717) is 18.0 Å². The number of rotatable bonds is 6. The first-order valence-electron chi connectivity index (χ1n) is 8.72. The topological polar surface area (TPSA) is 55.3 Å². The van der Waals surface area contributed by atoms with Crippen molar-refractivity contribution in [1.82, 2.24) is 14.9 Å². The summed E-state index contributed by atoms with van der Waals surface area (Å²) in [6, 6.07) is 7.74. The van der Waals surface area contributed by atoms with Crippen LogP contribution in [0.3, 0.4) is 0 Å². The maximum atomic E-state index is 13.3. The highest BCUT2D eigenvalue weighted by atomic mass is 32.1. The SMILES string of the molecule is C=CCN(Cc1ccc(OC)cc1)C(=O)c1sc2nc(C)nc(C)c2c1C. The largest absolute Gasteiger partial charge is 0.497 e. The van der Waals surface area contributed by atoms with Gasteiger partial charge in [0.15, 0.2) is 0 Å². The number of benzene rings is 1. The first-order valence-corrected chi connectivity index (χ1v) is 9.53. The highest BCUT2D eigenvalue weighted by Gasteiger charge is 2.23. The number of methoxy groups -OCH3 is 1. The minimum Gasteiger partial charge on any atom is -0.497 e. The molecule has 0 unspecified atom stereocenters. The molecule has 0 aliphatic carbocycles. The maximum absolute atomic E-state index is 13.3. The molecule has 140 valence electrons. The summed E-state index contributed by atoms with van der Waals surface area (Å²) in [5.74, 6) is 1.51. The zero-order valence-electron chi connectivity index (χ0n) is 16.1. The fourth-order valence-electron chi connectivity index (χ4n) is 3.15. The molecule has 2 aromatic heterocycles. The molecule has 0 fully saturated rings. The number of fused-ring (bicyclic) bond motifs is 1. The van der Waals surface area contributed by atoms with Gasteiger partial charge in [0.2, 0.25) is 0 Å². The van der Waals surface area contributed by atoms with E-state index in [4.69, 9.17) is 4.74 Å². The van der Waals surface area contributed by atoms with E-state index < -0.39 is 0 Å². The Morgan fingerprint density at radius 2 is 1.93 bits per heavy atom. The third-order valence-electron chi connectivity index (χ3n) is 4.45. The van der Waals surface area contributed by atoms with Crippen molar-refractivity contribution in [2.45, 2.75) is 27.3 Å². The van der Waals surface area contributed by atoms with Crippen molar-refractivity contribution in [2.24, 2.45) is 0 Å². The van der Waals surface area contributed by atoms with Crippen LogP contribution < -0.4 is 4.74 Å². The van der Waals surface area contributed by atoms with Crippen molar-refractivity contribution in [2.75, 3.05) is 13.7 Å². The number of hydrogen-bond acceptors (Lipinski definition) is 5. The summed E-state index contributed by atoms with van der Waals surface area (Å²) in [4.78, 5) is 25.6. The summed E-state index contributed by atoms with van der Waals surface area (Å²) in [7, 11) is 1.64. The molecule has 5 nitrogen and oxygen atoms in total. The molecule has 0 bridgehead atoms. The van der Waals surface area contributed by atoms with Crippen LogP contribution in [0.2, 0.25) is 0 Å². The van der Waals surface area contributed by atoms with Crippen molar-refractivity contribution in [1.29, 1.82) is 0 Å². The molecule has 1 amide bonds. The van der Waals surface area contributed by atoms with Crippen molar-refractivity contribution in [3.63, 3.8) is 0 Å². The van der Waals surface area contributed by atoms with Gasteiger partial charge in [0.1, 0.15) is 16.4 Å². The fourth-order valence-corrected chi connectivity index (χ4v) is 4.39. The Balaban J connectivity index is 1.94. The number of amides is 1. The Hall–Kier alpha value is -2.73. The van der Waals surface area contributed by atoms with Crippen LogP contribution in [0, 0.1) is 20.8 Å². The molecule has 0 N–H and O–H groups in total. The number of thiophene rings is 1. The van der Waals surface area contributed by atoms with Gasteiger partial charge in [0.05, 0.1) is 12.0 Å². The molecule has 3 aromatic rings. The van der Waals surface area contributed by atoms with Crippen LogP contribution in [0.4, 0.5) is 0 Å². The van der Waals surface area contributed by atoms with Crippen molar-refractivity contribution >= 4 is 27.5 Å². The average Bonchev–Trinajstić information content (AvgIpc) is 2.98. The van der Waals surface area contributed by atoms with E-state index in [1.807, 2.05) is 45.0 Å². The summed E-state index contributed by atoms with van der Waals surface area (Å²) < 4.78 is 5.20. The minimum atomic E-state index is -0.0109. The fraction of sp³-hybridized carbons (Fsp3) is 0.286. The molecule has 3 rings (SSSR count). The van der Waals surface area contributed by atoms with E-state index in [-0.39, 0.29) is 5.91 Å². The van der Waals surface area contributed by atoms with E-state index in [1.54, 1.807) is 18.1 Å². The number of hydrogen-bond donors (Lipinski definition) is 0. The van der Waals surface area contributed by atoms with Gasteiger partial charge in [-0.2, -0.15) is 0 Å². The normalized spacial score (nSPS) is 10.8. The van der Waals surface area contributed by atoms with Crippen LogP contribution in [0.1, 0.15) is 32.3 Å². The molecular weight excluding hydrogens is 358 g/mol. The van der Waals surface area contributed by atoms with Gasteiger partial charge in [-0.05, 0) is 44.0 Å². The monoisotopic (exact) mass is 381 g/mol. The van der Waals surface area contributed by atoms with Gasteiger partial charge in [-0.3, -0.25) is 4.79 Å². The van der Waals surface area contributed by atoms with Gasteiger partial charge in [-0.25, -0.2) is 9.97 Å². The van der Waals surface area contributed by atoms with Crippen LogP contribution in [-0.2, 0) is 6.54 Å². The molecule has 0 atom stereocenters. The number of carbonyl (C=O) groups excluding carboxylic acids is 1. The smallest absolute Gasteiger partial charge is 0.264 e. The van der Waals surface area contributed by atoms with Gasteiger partial charge >= 0.3 is 0 Å². The van der Waals surface area contributed by atoms with Gasteiger partial charge in [0.25, 0.3) is 5.91 Å². The first kappa shape index (κ1) is 19.0. The number of carbonyl (C=O) groups is 1. The Bertz CT molecular complexity index is 993. The van der Waals surface area contributed by atoms with Crippen LogP contribution >= 0.6 is 11.3 Å². The standard InChI is InChI=1S/C21H23N3O2S/c1-6-11-24(12-16-7-9-17(26-5)10-8-16)21(25)19-13(2)18-14(3)22-15(4)23-20(18)27-19/h6-10H,1,11-12H2,2-5H3. The average molecular weight is 382 g/mol. The molecule has 0 radical (unpaired) electrons. The Morgan fingerprint density at radius 1 is 1.22 bits per heavy atom. The molecule has 0 saturated heterocycles. The van der Waals surface area contributed by atoms with Crippen LogP contribution in [0.5, 0.6) is 5.75 Å². The van der Waals surface area contributed by atoms with Crippen LogP contribution in [-0.4, -0.2) is 34.4 Å². The minimum absolute atomic E-state index is 0.0109. The zero-order chi connectivity index (χ0) is 19.6. The van der Waals surface area contributed by atoms with Crippen molar-refractivity contribution in [3.05, 3.63) is 64.4 Å². The molecular formula is C21H23N3O2S. The van der Waals surface area contributed by atoms with E-state index in [2.05, 4.69) is 16.5 Å². The summed E-state index contributed by atoms with van der Waals surface area (Å²) in [6.45, 7) is 10.6. The first-order chi connectivity index (χ1) is 12.9. The molecule has 2 heterocycles. The number of ether oxygens (including phenoxy) is 1. The van der Waals surface area contributed by atoms with Gasteiger partial charge in [0, 0.05) is 24.2 Å². The van der Waals surface area contributed by atoms with Gasteiger partial charge < -0.3 is 9.64 Å². The van der Waals surface area contributed by atoms with Gasteiger partial charge in [-0.15, -0.1) is 17.9 Å². The lowest BCUT2D eigenvalue weighted by Crippen LogP contribution is -2.30. The summed E-state index contributed by atoms with van der Waals surface area (Å²) in [5, 5.41) is 0.983. The second kappa shape index (κ2) is 7.88. The molecule has 0 aliphatic heterocycles. The lowest BCUT2D eigenvalue weighted by molar-refractivity contribution is 0.0767.